The Kier molecular flexibility index (Phi) is 7.28. The van der Waals surface area contributed by atoms with Crippen LogP contribution >= 0.6 is 11.8 Å². The van der Waals surface area contributed by atoms with Crippen molar-refractivity contribution in [2.75, 3.05) is 37.5 Å². The lowest BCUT2D eigenvalue weighted by molar-refractivity contribution is -0.138. The monoisotopic (exact) mass is 539 g/mol. The SMILES string of the molecule is CCOc1ccc(NC(=O)[C@@H]2[C@@H]3CC(C)C4(S3)C(C(=O)Nc3ccc(OC)cc3)N(CCO)C(=O)[C@H]24)cc1. The molecule has 0 aromatic heterocycles. The zero-order valence-electron chi connectivity index (χ0n) is 21.7. The van der Waals surface area contributed by atoms with Crippen LogP contribution in [0.2, 0.25) is 0 Å². The van der Waals surface area contributed by atoms with E-state index in [4.69, 9.17) is 9.47 Å². The number of thioether (sulfide) groups is 1. The van der Waals surface area contributed by atoms with Gasteiger partial charge in [-0.15, -0.1) is 11.8 Å². The van der Waals surface area contributed by atoms with E-state index in [-0.39, 0.29) is 42.0 Å². The number of anilines is 2. The van der Waals surface area contributed by atoms with Crippen LogP contribution in [0, 0.1) is 17.8 Å². The Hall–Kier alpha value is -3.24. The van der Waals surface area contributed by atoms with Gasteiger partial charge in [0.05, 0.1) is 36.9 Å². The minimum Gasteiger partial charge on any atom is -0.497 e. The second kappa shape index (κ2) is 10.5. The molecule has 1 spiro atoms. The van der Waals surface area contributed by atoms with Crippen molar-refractivity contribution in [2.45, 2.75) is 36.3 Å². The maximum Gasteiger partial charge on any atom is 0.248 e. The van der Waals surface area contributed by atoms with Gasteiger partial charge in [-0.05, 0) is 67.8 Å². The molecule has 2 aromatic carbocycles. The van der Waals surface area contributed by atoms with Crippen LogP contribution in [0.5, 0.6) is 11.5 Å². The lowest BCUT2D eigenvalue weighted by Crippen LogP contribution is -2.55. The first kappa shape index (κ1) is 26.4. The Bertz CT molecular complexity index is 1210. The third-order valence-electron chi connectivity index (χ3n) is 7.93. The highest BCUT2D eigenvalue weighted by Gasteiger charge is 2.75. The predicted molar refractivity (Wildman–Crippen MR) is 145 cm³/mol. The Labute approximate surface area is 226 Å². The number of amides is 3. The van der Waals surface area contributed by atoms with Gasteiger partial charge < -0.3 is 30.1 Å². The van der Waals surface area contributed by atoms with E-state index in [1.54, 1.807) is 67.4 Å². The van der Waals surface area contributed by atoms with Crippen molar-refractivity contribution in [3.05, 3.63) is 48.5 Å². The number of nitrogens with one attached hydrogen (secondary N) is 2. The highest BCUT2D eigenvalue weighted by atomic mass is 32.2. The van der Waals surface area contributed by atoms with Crippen molar-refractivity contribution in [3.8, 4) is 11.5 Å². The van der Waals surface area contributed by atoms with E-state index >= 15 is 0 Å². The molecule has 3 aliphatic heterocycles. The van der Waals surface area contributed by atoms with Crippen LogP contribution in [-0.2, 0) is 14.4 Å². The van der Waals surface area contributed by atoms with Crippen LogP contribution < -0.4 is 20.1 Å². The lowest BCUT2D eigenvalue weighted by Gasteiger charge is -2.38. The number of hydrogen-bond acceptors (Lipinski definition) is 7. The molecule has 2 bridgehead atoms. The lowest BCUT2D eigenvalue weighted by atomic mass is 9.66. The predicted octanol–water partition coefficient (Wildman–Crippen LogP) is 3.00. The summed E-state index contributed by atoms with van der Waals surface area (Å²) in [7, 11) is 1.57. The Morgan fingerprint density at radius 1 is 1.05 bits per heavy atom. The first-order valence-electron chi connectivity index (χ1n) is 12.9. The molecule has 0 saturated carbocycles. The summed E-state index contributed by atoms with van der Waals surface area (Å²) in [5.41, 5.74) is 1.21. The zero-order chi connectivity index (χ0) is 27.0. The van der Waals surface area contributed by atoms with E-state index in [0.29, 0.717) is 29.5 Å². The molecule has 202 valence electrons. The number of carbonyl (C=O) groups is 3. The molecule has 0 aliphatic carbocycles. The summed E-state index contributed by atoms with van der Waals surface area (Å²) in [6.07, 6.45) is 0.731. The second-order valence-corrected chi connectivity index (χ2v) is 11.5. The van der Waals surface area contributed by atoms with Gasteiger partial charge in [-0.25, -0.2) is 0 Å². The summed E-state index contributed by atoms with van der Waals surface area (Å²) < 4.78 is 9.92. The van der Waals surface area contributed by atoms with Gasteiger partial charge in [0.25, 0.3) is 0 Å². The van der Waals surface area contributed by atoms with Gasteiger partial charge in [0, 0.05) is 23.2 Å². The smallest absolute Gasteiger partial charge is 0.248 e. The van der Waals surface area contributed by atoms with Crippen molar-refractivity contribution in [1.82, 2.24) is 4.90 Å². The number of β-amino-alcohol motifs (C(OH)–C–C–N with tert-alkyl or cyclic N) is 1. The molecule has 6 atom stereocenters. The fourth-order valence-corrected chi connectivity index (χ4v) is 8.80. The molecule has 0 radical (unpaired) electrons. The third-order valence-corrected chi connectivity index (χ3v) is 10.0. The van der Waals surface area contributed by atoms with Crippen molar-refractivity contribution in [1.29, 1.82) is 0 Å². The van der Waals surface area contributed by atoms with Gasteiger partial charge in [-0.2, -0.15) is 0 Å². The molecule has 3 N–H and O–H groups in total. The number of hydrogen-bond donors (Lipinski definition) is 3. The summed E-state index contributed by atoms with van der Waals surface area (Å²) in [5, 5.41) is 15.7. The van der Waals surface area contributed by atoms with Gasteiger partial charge in [0.15, 0.2) is 0 Å². The fraction of sp³-hybridized carbons (Fsp3) is 0.464. The maximum absolute atomic E-state index is 13.9. The average molecular weight is 540 g/mol. The summed E-state index contributed by atoms with van der Waals surface area (Å²) >= 11 is 1.59. The van der Waals surface area contributed by atoms with Crippen molar-refractivity contribution in [2.24, 2.45) is 17.8 Å². The number of likely N-dealkylation sites (tertiary alicyclic amines) is 1. The number of fused-ring (bicyclic) bond motifs is 1. The molecule has 10 heteroatoms. The summed E-state index contributed by atoms with van der Waals surface area (Å²) in [5.74, 6) is -0.591. The van der Waals surface area contributed by atoms with Crippen LogP contribution in [0.4, 0.5) is 11.4 Å². The zero-order valence-corrected chi connectivity index (χ0v) is 22.5. The number of aliphatic hydroxyl groups is 1. The number of ether oxygens (including phenoxy) is 2. The Morgan fingerprint density at radius 3 is 2.24 bits per heavy atom. The minimum absolute atomic E-state index is 0.0307. The number of benzene rings is 2. The van der Waals surface area contributed by atoms with Crippen LogP contribution in [0.15, 0.2) is 48.5 Å². The molecule has 3 saturated heterocycles. The van der Waals surface area contributed by atoms with E-state index in [0.717, 1.165) is 6.42 Å². The summed E-state index contributed by atoms with van der Waals surface area (Å²) in [4.78, 5) is 42.7. The standard InChI is InChI=1S/C28H33N3O6S/c1-4-37-20-11-7-17(8-12-20)29-25(33)22-21-15-16(2)28(38-21)23(22)27(35)31(13-14-32)24(28)26(34)30-18-5-9-19(36-3)10-6-18/h5-12,16,21-24,32H,4,13-15H2,1-3H3,(H,29,33)(H,30,34)/t16?,21-,22+,23-,24?,28?/m0/s1. The number of rotatable bonds is 9. The summed E-state index contributed by atoms with van der Waals surface area (Å²) in [6.45, 7) is 4.27. The Morgan fingerprint density at radius 2 is 1.66 bits per heavy atom. The summed E-state index contributed by atoms with van der Waals surface area (Å²) in [6, 6.07) is 13.3. The maximum atomic E-state index is 13.9. The highest BCUT2D eigenvalue weighted by Crippen LogP contribution is 2.68. The first-order valence-corrected chi connectivity index (χ1v) is 13.8. The molecule has 3 fully saturated rings. The molecule has 5 rings (SSSR count). The minimum atomic E-state index is -0.803. The number of aliphatic hydroxyl groups excluding tert-OH is 1. The molecule has 38 heavy (non-hydrogen) atoms. The quantitative estimate of drug-likeness (QED) is 0.449. The van der Waals surface area contributed by atoms with Gasteiger partial charge in [-0.3, -0.25) is 14.4 Å². The molecule has 3 aliphatic rings. The number of nitrogens with zero attached hydrogens (tertiary/aromatic N) is 1. The van der Waals surface area contributed by atoms with Crippen LogP contribution in [0.3, 0.4) is 0 Å². The molecule has 3 unspecified atom stereocenters. The highest BCUT2D eigenvalue weighted by molar-refractivity contribution is 8.02. The largest absolute Gasteiger partial charge is 0.497 e. The molecule has 3 heterocycles. The van der Waals surface area contributed by atoms with E-state index in [2.05, 4.69) is 17.6 Å². The van der Waals surface area contributed by atoms with E-state index < -0.39 is 22.6 Å². The molecule has 2 aromatic rings. The van der Waals surface area contributed by atoms with Crippen molar-refractivity contribution in [3.63, 3.8) is 0 Å². The normalized spacial score (nSPS) is 29.2. The second-order valence-electron chi connectivity index (χ2n) is 9.97. The van der Waals surface area contributed by atoms with E-state index in [9.17, 15) is 19.5 Å². The molecular weight excluding hydrogens is 506 g/mol. The van der Waals surface area contributed by atoms with Gasteiger partial charge in [-0.1, -0.05) is 6.92 Å². The Balaban J connectivity index is 1.42. The topological polar surface area (TPSA) is 117 Å². The van der Waals surface area contributed by atoms with Crippen LogP contribution in [0.1, 0.15) is 20.3 Å². The van der Waals surface area contributed by atoms with Gasteiger partial charge >= 0.3 is 0 Å². The van der Waals surface area contributed by atoms with Gasteiger partial charge in [0.1, 0.15) is 17.5 Å². The molecule has 9 nitrogen and oxygen atoms in total. The number of carbonyl (C=O) groups excluding carboxylic acids is 3. The van der Waals surface area contributed by atoms with Gasteiger partial charge in [0.2, 0.25) is 17.7 Å². The molecular formula is C28H33N3O6S. The van der Waals surface area contributed by atoms with Crippen molar-refractivity contribution >= 4 is 40.9 Å². The fourth-order valence-electron chi connectivity index (χ4n) is 6.38. The molecule has 3 amide bonds. The number of methoxy groups -OCH3 is 1. The van der Waals surface area contributed by atoms with Crippen molar-refractivity contribution < 1.29 is 29.0 Å². The van der Waals surface area contributed by atoms with Crippen LogP contribution in [0.25, 0.3) is 0 Å². The third kappa shape index (κ3) is 4.29. The average Bonchev–Trinajstić information content (AvgIpc) is 3.50. The van der Waals surface area contributed by atoms with E-state index in [1.165, 1.54) is 4.90 Å². The first-order chi connectivity index (χ1) is 18.3. The van der Waals surface area contributed by atoms with Crippen LogP contribution in [-0.4, -0.2) is 70.6 Å². The van der Waals surface area contributed by atoms with E-state index in [1.807, 2.05) is 6.92 Å².